The summed E-state index contributed by atoms with van der Waals surface area (Å²) in [6.45, 7) is 9.52. The second kappa shape index (κ2) is 6.41. The summed E-state index contributed by atoms with van der Waals surface area (Å²) in [7, 11) is 0. The summed E-state index contributed by atoms with van der Waals surface area (Å²) >= 11 is 3.42. The number of benzene rings is 1. The Labute approximate surface area is 113 Å². The first-order valence-corrected chi connectivity index (χ1v) is 6.87. The van der Waals surface area contributed by atoms with E-state index in [2.05, 4.69) is 48.9 Å². The summed E-state index contributed by atoms with van der Waals surface area (Å²) in [4.78, 5) is 0. The summed E-state index contributed by atoms with van der Waals surface area (Å²) in [6.07, 6.45) is 1.22. The van der Waals surface area contributed by atoms with E-state index in [1.54, 1.807) is 0 Å². The number of hydrogen-bond donors (Lipinski definition) is 1. The third kappa shape index (κ3) is 6.08. The topological polar surface area (TPSA) is 21.3 Å². The van der Waals surface area contributed by atoms with Gasteiger partial charge in [0, 0.05) is 16.6 Å². The van der Waals surface area contributed by atoms with E-state index in [1.807, 2.05) is 24.3 Å². The molecule has 3 heteroatoms. The lowest BCUT2D eigenvalue weighted by Crippen LogP contribution is -2.42. The van der Waals surface area contributed by atoms with Crippen molar-refractivity contribution in [1.29, 1.82) is 0 Å². The molecular weight excluding hydrogens is 278 g/mol. The summed E-state index contributed by atoms with van der Waals surface area (Å²) < 4.78 is 7.01. The van der Waals surface area contributed by atoms with Gasteiger partial charge in [0.1, 0.15) is 11.9 Å². The van der Waals surface area contributed by atoms with Crippen molar-refractivity contribution in [3.63, 3.8) is 0 Å². The fourth-order valence-electron chi connectivity index (χ4n) is 1.39. The van der Waals surface area contributed by atoms with Crippen LogP contribution in [0, 0.1) is 0 Å². The minimum Gasteiger partial charge on any atom is -0.489 e. The lowest BCUT2D eigenvalue weighted by atomic mass is 10.1. The maximum atomic E-state index is 5.93. The molecule has 1 atom stereocenters. The molecule has 1 aromatic carbocycles. The fourth-order valence-corrected chi connectivity index (χ4v) is 1.66. The summed E-state index contributed by atoms with van der Waals surface area (Å²) in [6, 6.07) is 7.98. The first-order valence-electron chi connectivity index (χ1n) is 6.08. The van der Waals surface area contributed by atoms with Crippen LogP contribution >= 0.6 is 15.9 Å². The van der Waals surface area contributed by atoms with Gasteiger partial charge in [0.2, 0.25) is 0 Å². The van der Waals surface area contributed by atoms with Crippen LogP contribution in [-0.4, -0.2) is 18.2 Å². The maximum Gasteiger partial charge on any atom is 0.119 e. The predicted molar refractivity (Wildman–Crippen MR) is 76.6 cm³/mol. The first kappa shape index (κ1) is 14.5. The summed E-state index contributed by atoms with van der Waals surface area (Å²) in [5.41, 5.74) is 0.135. The van der Waals surface area contributed by atoms with E-state index in [0.29, 0.717) is 0 Å². The average molecular weight is 300 g/mol. The van der Waals surface area contributed by atoms with Gasteiger partial charge in [-0.05, 0) is 51.5 Å². The van der Waals surface area contributed by atoms with E-state index in [-0.39, 0.29) is 11.6 Å². The molecule has 2 nitrogen and oxygen atoms in total. The van der Waals surface area contributed by atoms with Crippen LogP contribution in [0.25, 0.3) is 0 Å². The number of halogens is 1. The van der Waals surface area contributed by atoms with Crippen LogP contribution in [-0.2, 0) is 0 Å². The summed E-state index contributed by atoms with van der Waals surface area (Å²) in [5.74, 6) is 0.927. The quantitative estimate of drug-likeness (QED) is 0.887. The molecule has 0 amide bonds. The molecule has 0 heterocycles. The van der Waals surface area contributed by atoms with Crippen molar-refractivity contribution in [2.24, 2.45) is 0 Å². The molecule has 0 saturated heterocycles. The van der Waals surface area contributed by atoms with Gasteiger partial charge in [0.25, 0.3) is 0 Å². The van der Waals surface area contributed by atoms with Crippen LogP contribution in [0.3, 0.4) is 0 Å². The van der Waals surface area contributed by atoms with Crippen molar-refractivity contribution in [1.82, 2.24) is 5.32 Å². The van der Waals surface area contributed by atoms with Crippen LogP contribution < -0.4 is 10.1 Å². The molecular formula is C14H22BrNO. The molecule has 96 valence electrons. The number of nitrogens with one attached hydrogen (secondary N) is 1. The Hall–Kier alpha value is -0.540. The van der Waals surface area contributed by atoms with Gasteiger partial charge in [0.05, 0.1) is 0 Å². The zero-order valence-electron chi connectivity index (χ0n) is 11.1. The second-order valence-electron chi connectivity index (χ2n) is 5.23. The van der Waals surface area contributed by atoms with Crippen LogP contribution in [0.2, 0.25) is 0 Å². The third-order valence-corrected chi connectivity index (χ3v) is 2.96. The predicted octanol–water partition coefficient (Wildman–Crippen LogP) is 3.99. The Morgan fingerprint density at radius 2 is 1.82 bits per heavy atom. The zero-order valence-corrected chi connectivity index (χ0v) is 12.7. The first-order chi connectivity index (χ1) is 7.90. The molecule has 0 aliphatic rings. The molecule has 0 bridgehead atoms. The maximum absolute atomic E-state index is 5.93. The molecule has 0 spiro atoms. The van der Waals surface area contributed by atoms with Crippen LogP contribution in [0.15, 0.2) is 28.7 Å². The largest absolute Gasteiger partial charge is 0.489 e. The van der Waals surface area contributed by atoms with E-state index >= 15 is 0 Å². The van der Waals surface area contributed by atoms with Crippen molar-refractivity contribution in [2.75, 3.05) is 6.54 Å². The molecule has 0 aliphatic carbocycles. The Balaban J connectivity index is 2.49. The highest BCUT2D eigenvalue weighted by atomic mass is 79.9. The summed E-state index contributed by atoms with van der Waals surface area (Å²) in [5, 5.41) is 3.47. The molecule has 1 N–H and O–H groups in total. The Bertz CT molecular complexity index is 329. The molecule has 0 fully saturated rings. The van der Waals surface area contributed by atoms with E-state index in [1.165, 1.54) is 0 Å². The van der Waals surface area contributed by atoms with Crippen molar-refractivity contribution < 1.29 is 4.74 Å². The van der Waals surface area contributed by atoms with E-state index in [0.717, 1.165) is 23.2 Å². The van der Waals surface area contributed by atoms with Crippen LogP contribution in [0.4, 0.5) is 0 Å². The molecule has 1 unspecified atom stereocenters. The molecule has 0 saturated carbocycles. The van der Waals surface area contributed by atoms with Gasteiger partial charge in [0.15, 0.2) is 0 Å². The second-order valence-corrected chi connectivity index (χ2v) is 6.15. The minimum atomic E-state index is 0.135. The molecule has 0 radical (unpaired) electrons. The zero-order chi connectivity index (χ0) is 12.9. The number of hydrogen-bond acceptors (Lipinski definition) is 2. The Kier molecular flexibility index (Phi) is 5.47. The lowest BCUT2D eigenvalue weighted by Gasteiger charge is -2.25. The average Bonchev–Trinajstić information content (AvgIpc) is 2.25. The lowest BCUT2D eigenvalue weighted by molar-refractivity contribution is 0.181. The number of ether oxygens (including phenoxy) is 1. The van der Waals surface area contributed by atoms with Gasteiger partial charge >= 0.3 is 0 Å². The molecule has 1 rings (SSSR count). The van der Waals surface area contributed by atoms with Gasteiger partial charge in [-0.25, -0.2) is 0 Å². The highest BCUT2D eigenvalue weighted by Crippen LogP contribution is 2.18. The molecule has 0 aliphatic heterocycles. The van der Waals surface area contributed by atoms with Crippen LogP contribution in [0.1, 0.15) is 34.1 Å². The Morgan fingerprint density at radius 1 is 1.24 bits per heavy atom. The molecule has 17 heavy (non-hydrogen) atoms. The Morgan fingerprint density at radius 3 is 2.29 bits per heavy atom. The smallest absolute Gasteiger partial charge is 0.119 e. The van der Waals surface area contributed by atoms with E-state index in [9.17, 15) is 0 Å². The highest BCUT2D eigenvalue weighted by Gasteiger charge is 2.13. The van der Waals surface area contributed by atoms with Gasteiger partial charge in [-0.2, -0.15) is 0 Å². The standard InChI is InChI=1S/C14H22BrNO/c1-5-12(10-16-14(2,3)4)17-13-8-6-11(15)7-9-13/h6-9,12,16H,5,10H2,1-4H3. The molecule has 0 aromatic heterocycles. The SMILES string of the molecule is CCC(CNC(C)(C)C)Oc1ccc(Br)cc1. The highest BCUT2D eigenvalue weighted by molar-refractivity contribution is 9.10. The van der Waals surface area contributed by atoms with E-state index < -0.39 is 0 Å². The van der Waals surface area contributed by atoms with Crippen molar-refractivity contribution >= 4 is 15.9 Å². The normalized spacial score (nSPS) is 13.5. The van der Waals surface area contributed by atoms with Crippen molar-refractivity contribution in [3.05, 3.63) is 28.7 Å². The monoisotopic (exact) mass is 299 g/mol. The van der Waals surface area contributed by atoms with E-state index in [4.69, 9.17) is 4.74 Å². The third-order valence-electron chi connectivity index (χ3n) is 2.43. The number of rotatable bonds is 5. The minimum absolute atomic E-state index is 0.135. The van der Waals surface area contributed by atoms with Gasteiger partial charge in [-0.15, -0.1) is 0 Å². The van der Waals surface area contributed by atoms with Crippen molar-refractivity contribution in [3.8, 4) is 5.75 Å². The van der Waals surface area contributed by atoms with Gasteiger partial charge < -0.3 is 10.1 Å². The molecule has 1 aromatic rings. The van der Waals surface area contributed by atoms with Crippen molar-refractivity contribution in [2.45, 2.75) is 45.8 Å². The fraction of sp³-hybridized carbons (Fsp3) is 0.571. The van der Waals surface area contributed by atoms with Crippen LogP contribution in [0.5, 0.6) is 5.75 Å². The van der Waals surface area contributed by atoms with Gasteiger partial charge in [-0.1, -0.05) is 22.9 Å². The van der Waals surface area contributed by atoms with Gasteiger partial charge in [-0.3, -0.25) is 0 Å².